The number of carbonyl (C=O) groups is 1. The molecule has 0 aliphatic carbocycles. The van der Waals surface area contributed by atoms with Crippen LogP contribution in [0, 0.1) is 11.3 Å². The molecule has 0 unspecified atom stereocenters. The molecule has 0 aromatic heterocycles. The zero-order chi connectivity index (χ0) is 17.6. The summed E-state index contributed by atoms with van der Waals surface area (Å²) in [4.78, 5) is 12.0. The van der Waals surface area contributed by atoms with Crippen LogP contribution >= 0.6 is 0 Å². The van der Waals surface area contributed by atoms with E-state index in [4.69, 9.17) is 10.00 Å². The summed E-state index contributed by atoms with van der Waals surface area (Å²) in [6.07, 6.45) is -1.88. The minimum absolute atomic E-state index is 0.0945. The number of ether oxygens (including phenoxy) is 1. The Morgan fingerprint density at radius 3 is 2.50 bits per heavy atom. The van der Waals surface area contributed by atoms with Gasteiger partial charge in [-0.25, -0.2) is 0 Å². The van der Waals surface area contributed by atoms with E-state index in [1.54, 1.807) is 12.1 Å². The molecule has 122 valence electrons. The largest absolute Gasteiger partial charge is 0.479 e. The third-order valence-electron chi connectivity index (χ3n) is 3.08. The summed E-state index contributed by atoms with van der Waals surface area (Å²) in [7, 11) is 0. The molecule has 2 aromatic rings. The Kier molecular flexibility index (Phi) is 5.38. The van der Waals surface area contributed by atoms with Gasteiger partial charge in [-0.05, 0) is 48.0 Å². The lowest BCUT2D eigenvalue weighted by Gasteiger charge is -2.06. The van der Waals surface area contributed by atoms with E-state index in [0.717, 1.165) is 12.1 Å². The first-order valence-electron chi connectivity index (χ1n) is 6.89. The summed E-state index contributed by atoms with van der Waals surface area (Å²) in [5.41, 5.74) is -0.120. The molecule has 0 saturated heterocycles. The fourth-order valence-corrected chi connectivity index (χ4v) is 1.92. The molecule has 2 aromatic carbocycles. The predicted molar refractivity (Wildman–Crippen MR) is 82.4 cm³/mol. The Bertz CT molecular complexity index is 787. The van der Waals surface area contributed by atoms with E-state index in [0.29, 0.717) is 11.3 Å². The maximum Gasteiger partial charge on any atom is 0.416 e. The van der Waals surface area contributed by atoms with E-state index in [-0.39, 0.29) is 18.0 Å². The first-order chi connectivity index (χ1) is 11.4. The van der Waals surface area contributed by atoms with E-state index in [2.05, 4.69) is 0 Å². The van der Waals surface area contributed by atoms with Crippen LogP contribution in [0.5, 0.6) is 5.75 Å². The van der Waals surface area contributed by atoms with Gasteiger partial charge in [0.25, 0.3) is 0 Å². The van der Waals surface area contributed by atoms with Crippen molar-refractivity contribution in [2.75, 3.05) is 6.61 Å². The molecular formula is C18H12F3NO2. The van der Waals surface area contributed by atoms with Gasteiger partial charge >= 0.3 is 6.18 Å². The van der Waals surface area contributed by atoms with Gasteiger partial charge < -0.3 is 4.74 Å². The second-order valence-electron chi connectivity index (χ2n) is 4.79. The molecule has 0 fully saturated rings. The van der Waals surface area contributed by atoms with Crippen LogP contribution in [-0.4, -0.2) is 12.4 Å². The number of ketones is 1. The Morgan fingerprint density at radius 2 is 1.88 bits per heavy atom. The van der Waals surface area contributed by atoms with Gasteiger partial charge in [0.2, 0.25) is 0 Å². The average molecular weight is 331 g/mol. The van der Waals surface area contributed by atoms with Gasteiger partial charge in [-0.2, -0.15) is 18.4 Å². The predicted octanol–water partition coefficient (Wildman–Crippen LogP) is 4.50. The minimum atomic E-state index is -4.42. The molecular weight excluding hydrogens is 319 g/mol. The van der Waals surface area contributed by atoms with Gasteiger partial charge in [0.15, 0.2) is 12.4 Å². The maximum absolute atomic E-state index is 12.6. The molecule has 2 rings (SSSR count). The van der Waals surface area contributed by atoms with E-state index < -0.39 is 11.7 Å². The first-order valence-corrected chi connectivity index (χ1v) is 6.89. The van der Waals surface area contributed by atoms with Crippen molar-refractivity contribution < 1.29 is 22.7 Å². The normalized spacial score (nSPS) is 11.2. The summed E-state index contributed by atoms with van der Waals surface area (Å²) >= 11 is 0. The molecule has 0 bridgehead atoms. The number of alkyl halides is 3. The molecule has 0 atom stereocenters. The topological polar surface area (TPSA) is 50.1 Å². The lowest BCUT2D eigenvalue weighted by molar-refractivity contribution is -0.137. The summed E-state index contributed by atoms with van der Waals surface area (Å²) in [5.74, 6) is 0.106. The van der Waals surface area contributed by atoms with E-state index >= 15 is 0 Å². The van der Waals surface area contributed by atoms with Crippen molar-refractivity contribution in [3.63, 3.8) is 0 Å². The SMILES string of the molecule is N#CCOc1ccc(C(=O)/C=C/c2cccc(C(F)(F)F)c2)cc1. The van der Waals surface area contributed by atoms with Crippen molar-refractivity contribution in [1.82, 2.24) is 0 Å². The molecule has 0 heterocycles. The fraction of sp³-hybridized carbons (Fsp3) is 0.111. The van der Waals surface area contributed by atoms with Gasteiger partial charge in [0.1, 0.15) is 11.8 Å². The molecule has 6 heteroatoms. The number of benzene rings is 2. The summed E-state index contributed by atoms with van der Waals surface area (Å²) in [6, 6.07) is 12.7. The van der Waals surface area contributed by atoms with Gasteiger partial charge in [-0.1, -0.05) is 18.2 Å². The van der Waals surface area contributed by atoms with Crippen molar-refractivity contribution >= 4 is 11.9 Å². The van der Waals surface area contributed by atoms with E-state index in [1.807, 2.05) is 6.07 Å². The Labute approximate surface area is 136 Å². The Morgan fingerprint density at radius 1 is 1.17 bits per heavy atom. The van der Waals surface area contributed by atoms with Gasteiger partial charge in [-0.15, -0.1) is 0 Å². The van der Waals surface area contributed by atoms with Gasteiger partial charge in [0.05, 0.1) is 5.56 Å². The van der Waals surface area contributed by atoms with Crippen molar-refractivity contribution in [2.24, 2.45) is 0 Å². The number of carbonyl (C=O) groups excluding carboxylic acids is 1. The van der Waals surface area contributed by atoms with Crippen LogP contribution in [0.25, 0.3) is 6.08 Å². The van der Waals surface area contributed by atoms with Crippen molar-refractivity contribution in [3.05, 3.63) is 71.3 Å². The highest BCUT2D eigenvalue weighted by molar-refractivity contribution is 6.06. The zero-order valence-corrected chi connectivity index (χ0v) is 12.4. The smallest absolute Gasteiger partial charge is 0.416 e. The maximum atomic E-state index is 12.6. The summed E-state index contributed by atoms with van der Waals surface area (Å²) in [5, 5.41) is 8.41. The lowest BCUT2D eigenvalue weighted by Crippen LogP contribution is -2.04. The number of nitrogens with zero attached hydrogens (tertiary/aromatic N) is 1. The van der Waals surface area contributed by atoms with Gasteiger partial charge in [0, 0.05) is 5.56 Å². The Hall–Kier alpha value is -3.07. The number of nitriles is 1. The molecule has 0 radical (unpaired) electrons. The molecule has 0 spiro atoms. The fourth-order valence-electron chi connectivity index (χ4n) is 1.92. The first kappa shape index (κ1) is 17.3. The van der Waals surface area contributed by atoms with Crippen LogP contribution in [0.4, 0.5) is 13.2 Å². The van der Waals surface area contributed by atoms with Crippen molar-refractivity contribution in [3.8, 4) is 11.8 Å². The summed E-state index contributed by atoms with van der Waals surface area (Å²) in [6.45, 7) is -0.0945. The zero-order valence-electron chi connectivity index (χ0n) is 12.4. The van der Waals surface area contributed by atoms with Crippen LogP contribution in [-0.2, 0) is 6.18 Å². The van der Waals surface area contributed by atoms with Crippen molar-refractivity contribution in [1.29, 1.82) is 5.26 Å². The monoisotopic (exact) mass is 331 g/mol. The number of allylic oxidation sites excluding steroid dienone is 1. The highest BCUT2D eigenvalue weighted by atomic mass is 19.4. The molecule has 0 saturated carbocycles. The van der Waals surface area contributed by atoms with Crippen LogP contribution in [0.3, 0.4) is 0 Å². The second-order valence-corrected chi connectivity index (χ2v) is 4.79. The number of hydrogen-bond donors (Lipinski definition) is 0. The standard InChI is InChI=1S/C18H12F3NO2/c19-18(20,21)15-3-1-2-13(12-15)4-9-17(23)14-5-7-16(8-6-14)24-11-10-22/h1-9,12H,11H2/b9-4+. The van der Waals surface area contributed by atoms with Crippen LogP contribution < -0.4 is 4.74 Å². The molecule has 3 nitrogen and oxygen atoms in total. The van der Waals surface area contributed by atoms with E-state index in [1.165, 1.54) is 36.4 Å². The highest BCUT2D eigenvalue weighted by Gasteiger charge is 2.30. The molecule has 0 amide bonds. The van der Waals surface area contributed by atoms with Crippen LogP contribution in [0.1, 0.15) is 21.5 Å². The minimum Gasteiger partial charge on any atom is -0.479 e. The number of halogens is 3. The van der Waals surface area contributed by atoms with Crippen molar-refractivity contribution in [2.45, 2.75) is 6.18 Å². The molecule has 0 N–H and O–H groups in total. The number of rotatable bonds is 5. The third kappa shape index (κ3) is 4.71. The molecule has 0 aliphatic heterocycles. The second kappa shape index (κ2) is 7.47. The van der Waals surface area contributed by atoms with E-state index in [9.17, 15) is 18.0 Å². The third-order valence-corrected chi connectivity index (χ3v) is 3.08. The highest BCUT2D eigenvalue weighted by Crippen LogP contribution is 2.29. The molecule has 0 aliphatic rings. The summed E-state index contributed by atoms with van der Waals surface area (Å²) < 4.78 is 43.0. The lowest BCUT2D eigenvalue weighted by atomic mass is 10.1. The Balaban J connectivity index is 2.09. The molecule has 24 heavy (non-hydrogen) atoms. The van der Waals surface area contributed by atoms with Crippen LogP contribution in [0.15, 0.2) is 54.6 Å². The van der Waals surface area contributed by atoms with Crippen LogP contribution in [0.2, 0.25) is 0 Å². The van der Waals surface area contributed by atoms with Gasteiger partial charge in [-0.3, -0.25) is 4.79 Å². The quantitative estimate of drug-likeness (QED) is 0.598. The average Bonchev–Trinajstić information content (AvgIpc) is 2.58. The number of hydrogen-bond acceptors (Lipinski definition) is 3.